The second-order valence-electron chi connectivity index (χ2n) is 3.97. The molecule has 1 heterocycles. The third kappa shape index (κ3) is 4.72. The van der Waals surface area contributed by atoms with Gasteiger partial charge in [0.1, 0.15) is 11.8 Å². The van der Waals surface area contributed by atoms with Crippen LogP contribution in [0.3, 0.4) is 0 Å². The standard InChI is InChI=1S/C12H18N2O5/c1-18-6-2-3-9(12(16)17)14-11(15)10-5-4-8(7-13)19-10/h4-5,9H,2-3,6-7,13H2,1H3,(H,14,15)(H,16,17). The van der Waals surface area contributed by atoms with Gasteiger partial charge < -0.3 is 25.3 Å². The lowest BCUT2D eigenvalue weighted by molar-refractivity contribution is -0.139. The predicted molar refractivity (Wildman–Crippen MR) is 66.6 cm³/mol. The van der Waals surface area contributed by atoms with Crippen LogP contribution in [0.4, 0.5) is 0 Å². The average molecular weight is 270 g/mol. The van der Waals surface area contributed by atoms with Gasteiger partial charge in [-0.25, -0.2) is 4.79 Å². The molecule has 0 saturated heterocycles. The first-order valence-electron chi connectivity index (χ1n) is 5.90. The van der Waals surface area contributed by atoms with Crippen LogP contribution < -0.4 is 11.1 Å². The highest BCUT2D eigenvalue weighted by molar-refractivity contribution is 5.94. The minimum absolute atomic E-state index is 0.0541. The zero-order chi connectivity index (χ0) is 14.3. The lowest BCUT2D eigenvalue weighted by atomic mass is 10.1. The maximum atomic E-state index is 11.8. The van der Waals surface area contributed by atoms with Crippen LogP contribution in [-0.4, -0.2) is 36.7 Å². The van der Waals surface area contributed by atoms with Gasteiger partial charge in [0.25, 0.3) is 5.91 Å². The third-order valence-electron chi connectivity index (χ3n) is 2.53. The lowest BCUT2D eigenvalue weighted by Gasteiger charge is -2.13. The molecule has 4 N–H and O–H groups in total. The number of hydrogen-bond acceptors (Lipinski definition) is 5. The molecule has 0 aliphatic heterocycles. The molecule has 1 aromatic heterocycles. The molecule has 1 rings (SSSR count). The van der Waals surface area contributed by atoms with Gasteiger partial charge in [-0.05, 0) is 25.0 Å². The molecule has 1 unspecified atom stereocenters. The molecule has 0 spiro atoms. The summed E-state index contributed by atoms with van der Waals surface area (Å²) in [6.07, 6.45) is 0.833. The number of aliphatic carboxylic acids is 1. The quantitative estimate of drug-likeness (QED) is 0.587. The van der Waals surface area contributed by atoms with E-state index in [1.54, 1.807) is 6.07 Å². The largest absolute Gasteiger partial charge is 0.480 e. The fourth-order valence-corrected chi connectivity index (χ4v) is 1.53. The Labute approximate surface area is 110 Å². The third-order valence-corrected chi connectivity index (χ3v) is 2.53. The fourth-order valence-electron chi connectivity index (χ4n) is 1.53. The van der Waals surface area contributed by atoms with Gasteiger partial charge in [-0.1, -0.05) is 0 Å². The summed E-state index contributed by atoms with van der Waals surface area (Å²) in [4.78, 5) is 22.8. The molecule has 1 atom stereocenters. The number of methoxy groups -OCH3 is 1. The second kappa shape index (κ2) is 7.55. The van der Waals surface area contributed by atoms with Gasteiger partial charge in [-0.3, -0.25) is 4.79 Å². The lowest BCUT2D eigenvalue weighted by Crippen LogP contribution is -2.40. The number of hydrogen-bond donors (Lipinski definition) is 3. The molecular weight excluding hydrogens is 252 g/mol. The number of carbonyl (C=O) groups excluding carboxylic acids is 1. The summed E-state index contributed by atoms with van der Waals surface area (Å²) >= 11 is 0. The Hall–Kier alpha value is -1.86. The number of ether oxygens (including phenoxy) is 1. The van der Waals surface area contributed by atoms with Crippen molar-refractivity contribution >= 4 is 11.9 Å². The van der Waals surface area contributed by atoms with Gasteiger partial charge in [0.2, 0.25) is 0 Å². The monoisotopic (exact) mass is 270 g/mol. The van der Waals surface area contributed by atoms with E-state index in [1.165, 1.54) is 13.2 Å². The molecule has 0 aromatic carbocycles. The van der Waals surface area contributed by atoms with Crippen LogP contribution in [0.2, 0.25) is 0 Å². The Morgan fingerprint density at radius 3 is 2.79 bits per heavy atom. The summed E-state index contributed by atoms with van der Waals surface area (Å²) < 4.78 is 9.99. The van der Waals surface area contributed by atoms with Gasteiger partial charge >= 0.3 is 5.97 Å². The van der Waals surface area contributed by atoms with Crippen molar-refractivity contribution in [2.75, 3.05) is 13.7 Å². The van der Waals surface area contributed by atoms with Crippen LogP contribution in [0, 0.1) is 0 Å². The number of nitrogens with one attached hydrogen (secondary N) is 1. The number of carboxylic acids is 1. The SMILES string of the molecule is COCCCC(NC(=O)c1ccc(CN)o1)C(=O)O. The number of furan rings is 1. The zero-order valence-electron chi connectivity index (χ0n) is 10.7. The van der Waals surface area contributed by atoms with Crippen molar-refractivity contribution in [1.82, 2.24) is 5.32 Å². The molecular formula is C12H18N2O5. The maximum Gasteiger partial charge on any atom is 0.326 e. The summed E-state index contributed by atoms with van der Waals surface area (Å²) in [6.45, 7) is 0.626. The van der Waals surface area contributed by atoms with E-state index in [-0.39, 0.29) is 12.3 Å². The first-order chi connectivity index (χ1) is 9.08. The van der Waals surface area contributed by atoms with Crippen LogP contribution in [0.5, 0.6) is 0 Å². The zero-order valence-corrected chi connectivity index (χ0v) is 10.7. The minimum atomic E-state index is -1.09. The molecule has 1 aromatic rings. The van der Waals surface area contributed by atoms with Crippen molar-refractivity contribution in [3.05, 3.63) is 23.7 Å². The number of rotatable bonds is 8. The Morgan fingerprint density at radius 2 is 2.26 bits per heavy atom. The van der Waals surface area contributed by atoms with Gasteiger partial charge in [0, 0.05) is 13.7 Å². The van der Waals surface area contributed by atoms with E-state index in [9.17, 15) is 9.59 Å². The average Bonchev–Trinajstić information content (AvgIpc) is 2.86. The number of nitrogens with two attached hydrogens (primary N) is 1. The van der Waals surface area contributed by atoms with Crippen LogP contribution in [-0.2, 0) is 16.1 Å². The van der Waals surface area contributed by atoms with Crippen LogP contribution in [0.1, 0.15) is 29.2 Å². The molecule has 7 heteroatoms. The summed E-state index contributed by atoms with van der Waals surface area (Å²) in [6, 6.07) is 2.08. The predicted octanol–water partition coefficient (Wildman–Crippen LogP) is 0.348. The highest BCUT2D eigenvalue weighted by atomic mass is 16.5. The smallest absolute Gasteiger partial charge is 0.326 e. The van der Waals surface area contributed by atoms with E-state index in [2.05, 4.69) is 5.32 Å². The van der Waals surface area contributed by atoms with E-state index in [4.69, 9.17) is 20.0 Å². The second-order valence-corrected chi connectivity index (χ2v) is 3.97. The van der Waals surface area contributed by atoms with Crippen molar-refractivity contribution in [2.24, 2.45) is 5.73 Å². The van der Waals surface area contributed by atoms with Crippen LogP contribution >= 0.6 is 0 Å². The summed E-state index contributed by atoms with van der Waals surface area (Å²) in [5, 5.41) is 11.4. The van der Waals surface area contributed by atoms with Gasteiger partial charge in [0.15, 0.2) is 5.76 Å². The number of amides is 1. The first-order valence-corrected chi connectivity index (χ1v) is 5.90. The van der Waals surface area contributed by atoms with Crippen LogP contribution in [0.25, 0.3) is 0 Å². The molecule has 0 saturated carbocycles. The van der Waals surface area contributed by atoms with Crippen molar-refractivity contribution in [2.45, 2.75) is 25.4 Å². The van der Waals surface area contributed by atoms with Crippen LogP contribution in [0.15, 0.2) is 16.5 Å². The fraction of sp³-hybridized carbons (Fsp3) is 0.500. The van der Waals surface area contributed by atoms with Gasteiger partial charge in [-0.2, -0.15) is 0 Å². The van der Waals surface area contributed by atoms with E-state index < -0.39 is 17.9 Å². The topological polar surface area (TPSA) is 115 Å². The van der Waals surface area contributed by atoms with Crippen molar-refractivity contribution in [3.8, 4) is 0 Å². The molecule has 0 aliphatic rings. The molecule has 0 fully saturated rings. The molecule has 19 heavy (non-hydrogen) atoms. The maximum absolute atomic E-state index is 11.8. The Morgan fingerprint density at radius 1 is 1.53 bits per heavy atom. The van der Waals surface area contributed by atoms with E-state index in [0.29, 0.717) is 25.2 Å². The number of carboxylic acid groups (broad SMARTS) is 1. The molecule has 0 radical (unpaired) electrons. The van der Waals surface area contributed by atoms with E-state index in [0.717, 1.165) is 0 Å². The molecule has 106 valence electrons. The normalized spacial score (nSPS) is 12.1. The van der Waals surface area contributed by atoms with Gasteiger partial charge in [-0.15, -0.1) is 0 Å². The molecule has 7 nitrogen and oxygen atoms in total. The minimum Gasteiger partial charge on any atom is -0.480 e. The highest BCUT2D eigenvalue weighted by Gasteiger charge is 2.21. The Balaban J connectivity index is 2.57. The van der Waals surface area contributed by atoms with Crippen molar-refractivity contribution in [1.29, 1.82) is 0 Å². The first kappa shape index (κ1) is 15.2. The van der Waals surface area contributed by atoms with E-state index in [1.807, 2.05) is 0 Å². The molecule has 1 amide bonds. The van der Waals surface area contributed by atoms with Crippen molar-refractivity contribution < 1.29 is 23.8 Å². The number of carbonyl (C=O) groups is 2. The Kier molecular flexibility index (Phi) is 6.04. The summed E-state index contributed by atoms with van der Waals surface area (Å²) in [7, 11) is 1.53. The van der Waals surface area contributed by atoms with Gasteiger partial charge in [0.05, 0.1) is 6.54 Å². The summed E-state index contributed by atoms with van der Waals surface area (Å²) in [5.74, 6) is -1.13. The summed E-state index contributed by atoms with van der Waals surface area (Å²) in [5.41, 5.74) is 5.36. The van der Waals surface area contributed by atoms with Crippen molar-refractivity contribution in [3.63, 3.8) is 0 Å². The molecule has 0 aliphatic carbocycles. The molecule has 0 bridgehead atoms. The highest BCUT2D eigenvalue weighted by Crippen LogP contribution is 2.08. The van der Waals surface area contributed by atoms with E-state index >= 15 is 0 Å². The Bertz CT molecular complexity index is 430.